The molecule has 3 aromatic carbocycles. The molecule has 0 saturated carbocycles. The van der Waals surface area contributed by atoms with Gasteiger partial charge in [-0.05, 0) is 17.2 Å². The predicted molar refractivity (Wildman–Crippen MR) is 123 cm³/mol. The average Bonchev–Trinajstić information content (AvgIpc) is 3.28. The SMILES string of the molecule is N=C1N(Cc2ccccc2)C[C@]2(O)c3ccccc3O[C@H]3CN(Cc4ccccc4)C[C@]132. The van der Waals surface area contributed by atoms with E-state index < -0.39 is 11.0 Å². The maximum Gasteiger partial charge on any atom is 0.128 e. The second-order valence-electron chi connectivity index (χ2n) is 9.28. The van der Waals surface area contributed by atoms with Crippen molar-refractivity contribution in [3.63, 3.8) is 0 Å². The summed E-state index contributed by atoms with van der Waals surface area (Å²) in [5.74, 6) is 1.23. The summed E-state index contributed by atoms with van der Waals surface area (Å²) >= 11 is 0. The van der Waals surface area contributed by atoms with Crippen LogP contribution in [0, 0.1) is 10.8 Å². The van der Waals surface area contributed by atoms with Crippen molar-refractivity contribution in [1.82, 2.24) is 9.80 Å². The van der Waals surface area contributed by atoms with Crippen molar-refractivity contribution in [2.24, 2.45) is 5.41 Å². The summed E-state index contributed by atoms with van der Waals surface area (Å²) in [4.78, 5) is 4.37. The first-order chi connectivity index (χ1) is 15.6. The summed E-state index contributed by atoms with van der Waals surface area (Å²) in [5.41, 5.74) is 1.22. The van der Waals surface area contributed by atoms with Crippen LogP contribution in [0.15, 0.2) is 84.9 Å². The fourth-order valence-corrected chi connectivity index (χ4v) is 5.94. The van der Waals surface area contributed by atoms with E-state index in [1.807, 2.05) is 53.4 Å². The van der Waals surface area contributed by atoms with Crippen LogP contribution in [0.2, 0.25) is 0 Å². The standard InChI is InChI=1S/C27H27N3O2/c28-25-26-18-29(15-20-9-3-1-4-10-20)17-24(26)32-23-14-8-7-13-22(23)27(26,31)19-30(25)16-21-11-5-2-6-12-21/h1-14,24,28,31H,15-19H2/t24-,26+,27-/m0/s1. The van der Waals surface area contributed by atoms with Crippen LogP contribution in [-0.4, -0.2) is 46.5 Å². The summed E-state index contributed by atoms with van der Waals surface area (Å²) in [6.07, 6.45) is -0.264. The Labute approximate surface area is 188 Å². The van der Waals surface area contributed by atoms with E-state index in [4.69, 9.17) is 4.74 Å². The molecule has 3 aliphatic heterocycles. The molecule has 0 bridgehead atoms. The van der Waals surface area contributed by atoms with Crippen LogP contribution < -0.4 is 4.74 Å². The van der Waals surface area contributed by atoms with E-state index in [2.05, 4.69) is 41.3 Å². The normalized spacial score (nSPS) is 28.7. The Balaban J connectivity index is 1.40. The Morgan fingerprint density at radius 1 is 0.844 bits per heavy atom. The van der Waals surface area contributed by atoms with Crippen LogP contribution in [0.4, 0.5) is 0 Å². The zero-order valence-electron chi connectivity index (χ0n) is 17.9. The van der Waals surface area contributed by atoms with E-state index >= 15 is 0 Å². The quantitative estimate of drug-likeness (QED) is 0.670. The molecule has 32 heavy (non-hydrogen) atoms. The second kappa shape index (κ2) is 7.19. The number of rotatable bonds is 4. The molecule has 1 spiro atoms. The second-order valence-corrected chi connectivity index (χ2v) is 9.28. The fraction of sp³-hybridized carbons (Fsp3) is 0.296. The number of nitrogens with one attached hydrogen (secondary N) is 1. The number of hydrogen-bond acceptors (Lipinski definition) is 4. The molecule has 0 radical (unpaired) electrons. The van der Waals surface area contributed by atoms with Gasteiger partial charge in [0.05, 0.1) is 6.54 Å². The van der Waals surface area contributed by atoms with Crippen molar-refractivity contribution in [2.75, 3.05) is 19.6 Å². The zero-order chi connectivity index (χ0) is 21.8. The Bertz CT molecular complexity index is 1150. The van der Waals surface area contributed by atoms with Gasteiger partial charge < -0.3 is 14.7 Å². The van der Waals surface area contributed by atoms with Crippen molar-refractivity contribution in [2.45, 2.75) is 24.8 Å². The minimum Gasteiger partial charge on any atom is -0.487 e. The van der Waals surface area contributed by atoms with Crippen LogP contribution in [0.5, 0.6) is 5.75 Å². The van der Waals surface area contributed by atoms with E-state index in [1.54, 1.807) is 0 Å². The molecule has 3 heterocycles. The minimum atomic E-state index is -1.16. The summed E-state index contributed by atoms with van der Waals surface area (Å²) < 4.78 is 6.49. The maximum atomic E-state index is 12.3. The van der Waals surface area contributed by atoms with Crippen LogP contribution >= 0.6 is 0 Å². The van der Waals surface area contributed by atoms with Gasteiger partial charge in [0.1, 0.15) is 28.7 Å². The number of β-amino-alcohol motifs (C(OH)–C–C–N with tert-alkyl or cyclic N) is 1. The number of para-hydroxylation sites is 1. The third-order valence-corrected chi connectivity index (χ3v) is 7.41. The molecule has 162 valence electrons. The largest absolute Gasteiger partial charge is 0.487 e. The molecule has 5 nitrogen and oxygen atoms in total. The Kier molecular flexibility index (Phi) is 4.39. The smallest absolute Gasteiger partial charge is 0.128 e. The lowest BCUT2D eigenvalue weighted by Crippen LogP contribution is -2.58. The summed E-state index contributed by atoms with van der Waals surface area (Å²) in [5, 5.41) is 21.6. The van der Waals surface area contributed by atoms with Crippen LogP contribution in [-0.2, 0) is 18.7 Å². The zero-order valence-corrected chi connectivity index (χ0v) is 17.9. The molecular weight excluding hydrogens is 398 g/mol. The molecule has 0 amide bonds. The maximum absolute atomic E-state index is 12.3. The van der Waals surface area contributed by atoms with Gasteiger partial charge in [-0.2, -0.15) is 0 Å². The van der Waals surface area contributed by atoms with Crippen LogP contribution in [0.3, 0.4) is 0 Å². The summed E-state index contributed by atoms with van der Waals surface area (Å²) in [6.45, 7) is 3.07. The number of likely N-dealkylation sites (tertiary alicyclic amines) is 2. The van der Waals surface area contributed by atoms with Crippen molar-refractivity contribution >= 4 is 5.84 Å². The fourth-order valence-electron chi connectivity index (χ4n) is 5.94. The lowest BCUT2D eigenvalue weighted by molar-refractivity contribution is -0.0889. The van der Waals surface area contributed by atoms with Crippen molar-refractivity contribution in [3.8, 4) is 5.75 Å². The first-order valence-corrected chi connectivity index (χ1v) is 11.2. The Hall–Kier alpha value is -3.15. The molecule has 2 saturated heterocycles. The predicted octanol–water partition coefficient (Wildman–Crippen LogP) is 3.63. The highest BCUT2D eigenvalue weighted by molar-refractivity contribution is 5.92. The summed E-state index contributed by atoms with van der Waals surface area (Å²) in [6, 6.07) is 28.4. The van der Waals surface area contributed by atoms with Gasteiger partial charge in [-0.1, -0.05) is 78.9 Å². The molecule has 2 N–H and O–H groups in total. The third-order valence-electron chi connectivity index (χ3n) is 7.41. The number of nitrogens with zero attached hydrogens (tertiary/aromatic N) is 2. The minimum absolute atomic E-state index is 0.264. The average molecular weight is 426 g/mol. The lowest BCUT2D eigenvalue weighted by atomic mass is 9.66. The molecule has 3 aromatic rings. The van der Waals surface area contributed by atoms with Gasteiger partial charge >= 0.3 is 0 Å². The van der Waals surface area contributed by atoms with Crippen molar-refractivity contribution in [3.05, 3.63) is 102 Å². The number of aliphatic hydroxyl groups is 1. The molecule has 6 rings (SSSR count). The molecular formula is C27H27N3O2. The topological polar surface area (TPSA) is 59.8 Å². The third kappa shape index (κ3) is 2.74. The van der Waals surface area contributed by atoms with Gasteiger partial charge in [0.15, 0.2) is 0 Å². The van der Waals surface area contributed by atoms with E-state index in [0.717, 1.165) is 23.4 Å². The Morgan fingerprint density at radius 3 is 2.19 bits per heavy atom. The first-order valence-electron chi connectivity index (χ1n) is 11.2. The number of fused-ring (bicyclic) bond motifs is 2. The van der Waals surface area contributed by atoms with Gasteiger partial charge in [0.25, 0.3) is 0 Å². The van der Waals surface area contributed by atoms with Gasteiger partial charge in [-0.25, -0.2) is 0 Å². The van der Waals surface area contributed by atoms with E-state index in [1.165, 1.54) is 5.56 Å². The molecule has 3 atom stereocenters. The van der Waals surface area contributed by atoms with Crippen molar-refractivity contribution in [1.29, 1.82) is 5.41 Å². The first kappa shape index (κ1) is 19.5. The molecule has 2 fully saturated rings. The highest BCUT2D eigenvalue weighted by Crippen LogP contribution is 2.59. The van der Waals surface area contributed by atoms with Gasteiger partial charge in [0.2, 0.25) is 0 Å². The number of amidine groups is 1. The molecule has 0 unspecified atom stereocenters. The number of hydrogen-bond donors (Lipinski definition) is 2. The van der Waals surface area contributed by atoms with Gasteiger partial charge in [-0.3, -0.25) is 10.3 Å². The molecule has 5 heteroatoms. The molecule has 0 aromatic heterocycles. The van der Waals surface area contributed by atoms with Crippen molar-refractivity contribution < 1.29 is 9.84 Å². The molecule has 3 aliphatic rings. The van der Waals surface area contributed by atoms with Gasteiger partial charge in [0, 0.05) is 31.7 Å². The van der Waals surface area contributed by atoms with Crippen LogP contribution in [0.1, 0.15) is 16.7 Å². The Morgan fingerprint density at radius 2 is 1.47 bits per heavy atom. The highest BCUT2D eigenvalue weighted by atomic mass is 16.5. The molecule has 0 aliphatic carbocycles. The van der Waals surface area contributed by atoms with Crippen LogP contribution in [0.25, 0.3) is 0 Å². The number of ether oxygens (including phenoxy) is 1. The van der Waals surface area contributed by atoms with E-state index in [9.17, 15) is 10.5 Å². The monoisotopic (exact) mass is 425 g/mol. The van der Waals surface area contributed by atoms with E-state index in [0.29, 0.717) is 32.0 Å². The lowest BCUT2D eigenvalue weighted by Gasteiger charge is -2.46. The van der Waals surface area contributed by atoms with Gasteiger partial charge in [-0.15, -0.1) is 0 Å². The highest BCUT2D eigenvalue weighted by Gasteiger charge is 2.71. The number of benzene rings is 3. The summed E-state index contributed by atoms with van der Waals surface area (Å²) in [7, 11) is 0. The van der Waals surface area contributed by atoms with E-state index in [-0.39, 0.29) is 6.10 Å².